The fourth-order valence-electron chi connectivity index (χ4n) is 2.12. The van der Waals surface area contributed by atoms with Gasteiger partial charge in [0.2, 0.25) is 5.91 Å². The van der Waals surface area contributed by atoms with E-state index in [2.05, 4.69) is 12.2 Å². The topological polar surface area (TPSA) is 55.1 Å². The number of nitrogens with one attached hydrogen (secondary N) is 1. The summed E-state index contributed by atoms with van der Waals surface area (Å²) in [7, 11) is 0. The number of carbonyl (C=O) groups excluding carboxylic acids is 1. The Kier molecular flexibility index (Phi) is 5.10. The zero-order valence-electron chi connectivity index (χ0n) is 11.6. The predicted molar refractivity (Wildman–Crippen MR) is 88.1 cm³/mol. The number of hydrogen-bond donors (Lipinski definition) is 2. The summed E-state index contributed by atoms with van der Waals surface area (Å²) in [6.07, 6.45) is 0.845. The van der Waals surface area contributed by atoms with Gasteiger partial charge in [-0.1, -0.05) is 42.3 Å². The van der Waals surface area contributed by atoms with Gasteiger partial charge in [-0.15, -0.1) is 0 Å². The Morgan fingerprint density at radius 2 is 2.00 bits per heavy atom. The summed E-state index contributed by atoms with van der Waals surface area (Å²) in [4.78, 5) is 11.3. The third-order valence-electron chi connectivity index (χ3n) is 3.24. The van der Waals surface area contributed by atoms with Gasteiger partial charge in [-0.3, -0.25) is 4.79 Å². The van der Waals surface area contributed by atoms with Crippen molar-refractivity contribution in [3.05, 3.63) is 63.6 Å². The number of hydrogen-bond acceptors (Lipinski definition) is 2. The van der Waals surface area contributed by atoms with E-state index < -0.39 is 5.91 Å². The van der Waals surface area contributed by atoms with Crippen LogP contribution in [0.1, 0.15) is 35.3 Å². The number of anilines is 1. The number of carbonyl (C=O) groups is 1. The molecule has 0 saturated carbocycles. The van der Waals surface area contributed by atoms with Gasteiger partial charge >= 0.3 is 0 Å². The Hall–Kier alpha value is -1.71. The van der Waals surface area contributed by atoms with Crippen molar-refractivity contribution in [1.29, 1.82) is 0 Å². The van der Waals surface area contributed by atoms with Gasteiger partial charge in [-0.2, -0.15) is 0 Å². The fourth-order valence-corrected chi connectivity index (χ4v) is 2.49. The molecular formula is C16H16Cl2N2O. The average molecular weight is 323 g/mol. The molecule has 2 aromatic rings. The van der Waals surface area contributed by atoms with Crippen molar-refractivity contribution >= 4 is 34.8 Å². The highest BCUT2D eigenvalue weighted by atomic mass is 35.5. The van der Waals surface area contributed by atoms with E-state index in [-0.39, 0.29) is 6.04 Å². The zero-order chi connectivity index (χ0) is 15.4. The highest BCUT2D eigenvalue weighted by Gasteiger charge is 2.13. The average Bonchev–Trinajstić information content (AvgIpc) is 2.46. The Labute approximate surface area is 134 Å². The summed E-state index contributed by atoms with van der Waals surface area (Å²) in [5.41, 5.74) is 7.46. The Balaban J connectivity index is 2.30. The highest BCUT2D eigenvalue weighted by Crippen LogP contribution is 2.29. The molecule has 110 valence electrons. The van der Waals surface area contributed by atoms with Crippen LogP contribution in [0.15, 0.2) is 42.5 Å². The van der Waals surface area contributed by atoms with E-state index in [0.29, 0.717) is 21.3 Å². The lowest BCUT2D eigenvalue weighted by Crippen LogP contribution is -2.13. The quantitative estimate of drug-likeness (QED) is 0.841. The number of benzene rings is 2. The van der Waals surface area contributed by atoms with Gasteiger partial charge in [0.15, 0.2) is 0 Å². The molecule has 0 bridgehead atoms. The molecule has 0 spiro atoms. The van der Waals surface area contributed by atoms with Crippen LogP contribution in [0.5, 0.6) is 0 Å². The molecule has 3 N–H and O–H groups in total. The van der Waals surface area contributed by atoms with Crippen molar-refractivity contribution < 1.29 is 4.79 Å². The van der Waals surface area contributed by atoms with Crippen molar-refractivity contribution in [3.8, 4) is 0 Å². The molecule has 0 aromatic heterocycles. The molecule has 0 aliphatic heterocycles. The van der Waals surface area contributed by atoms with Crippen LogP contribution >= 0.6 is 23.2 Å². The molecule has 0 aliphatic carbocycles. The van der Waals surface area contributed by atoms with Gasteiger partial charge in [0, 0.05) is 10.6 Å². The van der Waals surface area contributed by atoms with Gasteiger partial charge < -0.3 is 11.1 Å². The van der Waals surface area contributed by atoms with Gasteiger partial charge in [0.25, 0.3) is 0 Å². The van der Waals surface area contributed by atoms with E-state index in [1.165, 1.54) is 0 Å². The minimum atomic E-state index is -0.481. The molecule has 2 aromatic carbocycles. The fraction of sp³-hybridized carbons (Fsp3) is 0.188. The maximum atomic E-state index is 11.3. The van der Waals surface area contributed by atoms with Crippen LogP contribution in [0.2, 0.25) is 10.0 Å². The molecule has 0 saturated heterocycles. The van der Waals surface area contributed by atoms with Crippen molar-refractivity contribution in [2.75, 3.05) is 5.32 Å². The Morgan fingerprint density at radius 3 is 2.62 bits per heavy atom. The Bertz CT molecular complexity index is 658. The second-order valence-electron chi connectivity index (χ2n) is 4.72. The van der Waals surface area contributed by atoms with E-state index in [0.717, 1.165) is 12.0 Å². The summed E-state index contributed by atoms with van der Waals surface area (Å²) >= 11 is 12.2. The molecule has 1 atom stereocenters. The maximum Gasteiger partial charge on any atom is 0.248 e. The first-order valence-corrected chi connectivity index (χ1v) is 7.38. The second kappa shape index (κ2) is 6.83. The first-order valence-electron chi connectivity index (χ1n) is 6.62. The van der Waals surface area contributed by atoms with Crippen molar-refractivity contribution in [2.45, 2.75) is 19.4 Å². The van der Waals surface area contributed by atoms with Crippen LogP contribution in [0, 0.1) is 0 Å². The number of amides is 1. The molecule has 21 heavy (non-hydrogen) atoms. The predicted octanol–water partition coefficient (Wildman–Crippen LogP) is 4.66. The molecule has 0 aliphatic rings. The van der Waals surface area contributed by atoms with E-state index >= 15 is 0 Å². The first-order chi connectivity index (χ1) is 10.0. The van der Waals surface area contributed by atoms with Crippen LogP contribution in [0.25, 0.3) is 0 Å². The molecule has 0 fully saturated rings. The second-order valence-corrected chi connectivity index (χ2v) is 5.56. The molecule has 1 unspecified atom stereocenters. The molecular weight excluding hydrogens is 307 g/mol. The molecule has 2 rings (SSSR count). The van der Waals surface area contributed by atoms with Crippen LogP contribution in [0.3, 0.4) is 0 Å². The molecule has 1 amide bonds. The van der Waals surface area contributed by atoms with Gasteiger partial charge in [0.05, 0.1) is 16.8 Å². The molecule has 5 heteroatoms. The van der Waals surface area contributed by atoms with E-state index in [1.54, 1.807) is 18.2 Å². The largest absolute Gasteiger partial charge is 0.377 e. The molecule has 0 heterocycles. The lowest BCUT2D eigenvalue weighted by Gasteiger charge is -2.20. The number of nitrogens with two attached hydrogens (primary N) is 1. The van der Waals surface area contributed by atoms with Gasteiger partial charge in [-0.25, -0.2) is 0 Å². The van der Waals surface area contributed by atoms with Crippen molar-refractivity contribution in [1.82, 2.24) is 0 Å². The smallest absolute Gasteiger partial charge is 0.248 e. The van der Waals surface area contributed by atoms with Crippen LogP contribution in [0.4, 0.5) is 5.69 Å². The summed E-state index contributed by atoms with van der Waals surface area (Å²) in [5.74, 6) is -0.481. The lowest BCUT2D eigenvalue weighted by molar-refractivity contribution is 0.100. The van der Waals surface area contributed by atoms with Crippen LogP contribution < -0.4 is 11.1 Å². The number of rotatable bonds is 5. The summed E-state index contributed by atoms with van der Waals surface area (Å²) in [5, 5.41) is 4.56. The molecule has 3 nitrogen and oxygen atoms in total. The van der Waals surface area contributed by atoms with E-state index in [1.807, 2.05) is 24.3 Å². The number of primary amides is 1. The van der Waals surface area contributed by atoms with Crippen molar-refractivity contribution in [2.24, 2.45) is 5.73 Å². The highest BCUT2D eigenvalue weighted by molar-refractivity contribution is 6.33. The lowest BCUT2D eigenvalue weighted by atomic mass is 10.0. The third-order valence-corrected chi connectivity index (χ3v) is 3.80. The zero-order valence-corrected chi connectivity index (χ0v) is 13.1. The van der Waals surface area contributed by atoms with E-state index in [4.69, 9.17) is 28.9 Å². The van der Waals surface area contributed by atoms with Crippen LogP contribution in [-0.2, 0) is 0 Å². The normalized spacial score (nSPS) is 12.0. The number of halogens is 2. The van der Waals surface area contributed by atoms with Gasteiger partial charge in [-0.05, 0) is 42.3 Å². The summed E-state index contributed by atoms with van der Waals surface area (Å²) in [6, 6.07) is 12.6. The van der Waals surface area contributed by atoms with Gasteiger partial charge in [0.1, 0.15) is 0 Å². The third kappa shape index (κ3) is 3.90. The summed E-state index contributed by atoms with van der Waals surface area (Å²) in [6.45, 7) is 2.06. The minimum absolute atomic E-state index is 0.0457. The van der Waals surface area contributed by atoms with Crippen LogP contribution in [-0.4, -0.2) is 5.91 Å². The molecule has 0 radical (unpaired) electrons. The SMILES string of the molecule is CCC(Nc1cc(C(N)=O)ccc1Cl)c1cccc(Cl)c1. The minimum Gasteiger partial charge on any atom is -0.377 e. The standard InChI is InChI=1S/C16H16Cl2N2O/c1-2-14(10-4-3-5-12(17)8-10)20-15-9-11(16(19)21)6-7-13(15)18/h3-9,14,20H,2H2,1H3,(H2,19,21). The monoisotopic (exact) mass is 322 g/mol. The first kappa shape index (κ1) is 15.7. The summed E-state index contributed by atoms with van der Waals surface area (Å²) < 4.78 is 0. The van der Waals surface area contributed by atoms with Crippen molar-refractivity contribution in [3.63, 3.8) is 0 Å². The Morgan fingerprint density at radius 1 is 1.24 bits per heavy atom. The van der Waals surface area contributed by atoms with E-state index in [9.17, 15) is 4.79 Å². The maximum absolute atomic E-state index is 11.3.